The van der Waals surface area contributed by atoms with Crippen LogP contribution in [0.4, 0.5) is 0 Å². The lowest BCUT2D eigenvalue weighted by Crippen LogP contribution is -2.48. The van der Waals surface area contributed by atoms with Crippen LogP contribution in [0, 0.1) is 0 Å². The number of hydrogen-bond acceptors (Lipinski definition) is 7. The Morgan fingerprint density at radius 3 is 2.12 bits per heavy atom. The van der Waals surface area contributed by atoms with Crippen LogP contribution in [0.2, 0.25) is 0 Å². The first kappa shape index (κ1) is 24.2. The number of hydrogen-bond donors (Lipinski definition) is 1. The van der Waals surface area contributed by atoms with Gasteiger partial charge < -0.3 is 19.5 Å². The summed E-state index contributed by atoms with van der Waals surface area (Å²) in [6.07, 6.45) is 0.0831. The molecular weight excluding hydrogens is 410 g/mol. The van der Waals surface area contributed by atoms with Gasteiger partial charge in [-0.05, 0) is 45.4 Å². The Morgan fingerprint density at radius 2 is 1.56 bits per heavy atom. The van der Waals surface area contributed by atoms with E-state index in [1.54, 1.807) is 0 Å². The number of imide groups is 1. The van der Waals surface area contributed by atoms with E-state index in [4.69, 9.17) is 9.47 Å². The molecule has 2 heterocycles. The summed E-state index contributed by atoms with van der Waals surface area (Å²) in [6, 6.07) is 7.35. The molecule has 1 saturated heterocycles. The van der Waals surface area contributed by atoms with Crippen molar-refractivity contribution in [3.05, 3.63) is 35.5 Å². The van der Waals surface area contributed by atoms with Crippen molar-refractivity contribution in [1.82, 2.24) is 14.7 Å². The zero-order valence-corrected chi connectivity index (χ0v) is 19.5. The van der Waals surface area contributed by atoms with E-state index < -0.39 is 0 Å². The van der Waals surface area contributed by atoms with Gasteiger partial charge >= 0.3 is 0 Å². The largest absolute Gasteiger partial charge is 0.491 e. The molecule has 1 aromatic carbocycles. The van der Waals surface area contributed by atoms with Gasteiger partial charge in [-0.25, -0.2) is 0 Å². The van der Waals surface area contributed by atoms with E-state index in [1.165, 1.54) is 4.90 Å². The predicted molar refractivity (Wildman–Crippen MR) is 122 cm³/mol. The Hall–Kier alpha value is -2.42. The molecule has 2 amide bonds. The van der Waals surface area contributed by atoms with Crippen LogP contribution in [0.3, 0.4) is 0 Å². The van der Waals surface area contributed by atoms with Crippen LogP contribution in [-0.2, 0) is 14.3 Å². The summed E-state index contributed by atoms with van der Waals surface area (Å²) in [4.78, 5) is 32.2. The lowest BCUT2D eigenvalue weighted by atomic mass is 10.0. The first-order valence-corrected chi connectivity index (χ1v) is 11.4. The van der Waals surface area contributed by atoms with E-state index in [-0.39, 0.29) is 37.2 Å². The molecule has 0 bridgehead atoms. The van der Waals surface area contributed by atoms with Gasteiger partial charge in [-0.2, -0.15) is 0 Å². The third-order valence-corrected chi connectivity index (χ3v) is 5.53. The summed E-state index contributed by atoms with van der Waals surface area (Å²) in [5.41, 5.74) is 1.60. The zero-order chi connectivity index (χ0) is 23.3. The second-order valence-corrected chi connectivity index (χ2v) is 8.65. The molecule has 176 valence electrons. The molecular formula is C24H35N3O5. The fraction of sp³-hybridized carbons (Fsp3) is 0.583. The van der Waals surface area contributed by atoms with Crippen molar-refractivity contribution in [1.29, 1.82) is 0 Å². The number of carbonyl (C=O) groups is 2. The quantitative estimate of drug-likeness (QED) is 0.548. The Balaban J connectivity index is 1.87. The topological polar surface area (TPSA) is 82.6 Å². The smallest absolute Gasteiger partial charge is 0.277 e. The Morgan fingerprint density at radius 1 is 0.906 bits per heavy atom. The van der Waals surface area contributed by atoms with Crippen LogP contribution in [0.25, 0.3) is 5.57 Å². The number of aliphatic hydroxyl groups excluding tert-OH is 1. The lowest BCUT2D eigenvalue weighted by molar-refractivity contribution is -0.138. The summed E-state index contributed by atoms with van der Waals surface area (Å²) in [7, 11) is 0. The van der Waals surface area contributed by atoms with E-state index >= 15 is 0 Å². The monoisotopic (exact) mass is 445 g/mol. The number of nitrogens with zero attached hydrogens (tertiary/aromatic N) is 3. The number of carbonyl (C=O) groups excluding carboxylic acids is 2. The van der Waals surface area contributed by atoms with Gasteiger partial charge in [0, 0.05) is 32.7 Å². The molecule has 2 aliphatic rings. The maximum Gasteiger partial charge on any atom is 0.277 e. The van der Waals surface area contributed by atoms with Crippen molar-refractivity contribution >= 4 is 17.4 Å². The van der Waals surface area contributed by atoms with E-state index in [1.807, 2.05) is 56.9 Å². The van der Waals surface area contributed by atoms with Crippen molar-refractivity contribution in [2.75, 3.05) is 52.5 Å². The van der Waals surface area contributed by atoms with E-state index in [0.717, 1.165) is 18.8 Å². The minimum atomic E-state index is -0.285. The average molecular weight is 446 g/mol. The molecule has 0 aromatic heterocycles. The van der Waals surface area contributed by atoms with Crippen molar-refractivity contribution < 1.29 is 24.2 Å². The van der Waals surface area contributed by atoms with E-state index in [2.05, 4.69) is 4.90 Å². The molecule has 0 atom stereocenters. The molecule has 0 unspecified atom stereocenters. The summed E-state index contributed by atoms with van der Waals surface area (Å²) < 4.78 is 11.3. The highest BCUT2D eigenvalue weighted by Gasteiger charge is 2.42. The summed E-state index contributed by atoms with van der Waals surface area (Å²) >= 11 is 0. The highest BCUT2D eigenvalue weighted by Crippen LogP contribution is 2.33. The fourth-order valence-corrected chi connectivity index (χ4v) is 4.01. The number of amides is 2. The van der Waals surface area contributed by atoms with Crippen molar-refractivity contribution in [3.63, 3.8) is 0 Å². The van der Waals surface area contributed by atoms with Crippen LogP contribution in [0.5, 0.6) is 5.75 Å². The van der Waals surface area contributed by atoms with Gasteiger partial charge in [0.15, 0.2) is 0 Å². The van der Waals surface area contributed by atoms with Crippen molar-refractivity contribution in [3.8, 4) is 5.75 Å². The van der Waals surface area contributed by atoms with Gasteiger partial charge in [-0.15, -0.1) is 0 Å². The standard InChI is InChI=1S/C24H35N3O5/c1-17(2)31-16-14-27-23(29)21(19-5-7-20(8-6-19)32-18(3)4)22(24(27)30)26-11-9-25(10-12-26)13-15-28/h5-8,17-18,28H,9-16H2,1-4H3. The first-order valence-electron chi connectivity index (χ1n) is 11.4. The third-order valence-electron chi connectivity index (χ3n) is 5.53. The van der Waals surface area contributed by atoms with Crippen molar-refractivity contribution in [2.24, 2.45) is 0 Å². The highest BCUT2D eigenvalue weighted by atomic mass is 16.5. The number of benzene rings is 1. The van der Waals surface area contributed by atoms with Crippen LogP contribution in [0.1, 0.15) is 33.3 Å². The van der Waals surface area contributed by atoms with Crippen LogP contribution >= 0.6 is 0 Å². The van der Waals surface area contributed by atoms with Gasteiger partial charge in [0.1, 0.15) is 11.4 Å². The van der Waals surface area contributed by atoms with Gasteiger partial charge in [0.05, 0.1) is 37.5 Å². The summed E-state index contributed by atoms with van der Waals surface area (Å²) in [5, 5.41) is 9.20. The molecule has 3 rings (SSSR count). The summed E-state index contributed by atoms with van der Waals surface area (Å²) in [5.74, 6) is 0.172. The number of β-amino-alcohol motifs (C(OH)–C–C–N with tert-alkyl or cyclic N) is 1. The predicted octanol–water partition coefficient (Wildman–Crippen LogP) is 1.59. The second-order valence-electron chi connectivity index (χ2n) is 8.65. The molecule has 0 radical (unpaired) electrons. The number of ether oxygens (including phenoxy) is 2. The molecule has 1 fully saturated rings. The number of aliphatic hydroxyl groups is 1. The minimum Gasteiger partial charge on any atom is -0.491 e. The van der Waals surface area contributed by atoms with Crippen LogP contribution < -0.4 is 4.74 Å². The maximum atomic E-state index is 13.4. The third kappa shape index (κ3) is 5.68. The number of piperazine rings is 1. The molecule has 8 nitrogen and oxygen atoms in total. The van der Waals surface area contributed by atoms with Gasteiger partial charge in [0.2, 0.25) is 0 Å². The summed E-state index contributed by atoms with van der Waals surface area (Å²) in [6.45, 7) is 11.7. The minimum absolute atomic E-state index is 0.0304. The molecule has 2 aliphatic heterocycles. The fourth-order valence-electron chi connectivity index (χ4n) is 4.01. The van der Waals surface area contributed by atoms with Gasteiger partial charge in [0.25, 0.3) is 11.8 Å². The highest BCUT2D eigenvalue weighted by molar-refractivity contribution is 6.35. The average Bonchev–Trinajstić information content (AvgIpc) is 2.99. The van der Waals surface area contributed by atoms with Gasteiger partial charge in [-0.3, -0.25) is 19.4 Å². The van der Waals surface area contributed by atoms with Gasteiger partial charge in [-0.1, -0.05) is 12.1 Å². The maximum absolute atomic E-state index is 13.4. The van der Waals surface area contributed by atoms with Crippen LogP contribution in [-0.4, -0.2) is 96.3 Å². The Labute approximate surface area is 190 Å². The van der Waals surface area contributed by atoms with E-state index in [0.29, 0.717) is 43.1 Å². The lowest BCUT2D eigenvalue weighted by Gasteiger charge is -2.36. The molecule has 32 heavy (non-hydrogen) atoms. The Kier molecular flexibility index (Phi) is 8.28. The molecule has 1 aromatic rings. The zero-order valence-electron chi connectivity index (χ0n) is 19.5. The number of rotatable bonds is 10. The first-order chi connectivity index (χ1) is 15.3. The molecule has 0 aliphatic carbocycles. The molecule has 0 saturated carbocycles. The Bertz CT molecular complexity index is 827. The second kappa shape index (κ2) is 10.9. The van der Waals surface area contributed by atoms with E-state index in [9.17, 15) is 14.7 Å². The SMILES string of the molecule is CC(C)OCCN1C(=O)C(c2ccc(OC(C)C)cc2)=C(N2CCN(CCO)CC2)C1=O. The molecule has 8 heteroatoms. The normalized spacial score (nSPS) is 18.0. The van der Waals surface area contributed by atoms with Crippen LogP contribution in [0.15, 0.2) is 30.0 Å². The van der Waals surface area contributed by atoms with Crippen molar-refractivity contribution in [2.45, 2.75) is 39.9 Å². The molecule has 1 N–H and O–H groups in total. The molecule has 0 spiro atoms.